The van der Waals surface area contributed by atoms with E-state index in [0.717, 1.165) is 10.5 Å². The molecule has 0 saturated carbocycles. The molecule has 30 heavy (non-hydrogen) atoms. The Labute approximate surface area is 180 Å². The van der Waals surface area contributed by atoms with Crippen molar-refractivity contribution in [3.05, 3.63) is 59.1 Å². The quantitative estimate of drug-likeness (QED) is 0.704. The smallest absolute Gasteiger partial charge is 0.292 e. The predicted molar refractivity (Wildman–Crippen MR) is 113 cm³/mol. The van der Waals surface area contributed by atoms with Crippen molar-refractivity contribution < 1.29 is 22.9 Å². The van der Waals surface area contributed by atoms with Crippen LogP contribution >= 0.6 is 11.6 Å². The van der Waals surface area contributed by atoms with Gasteiger partial charge < -0.3 is 4.90 Å². The van der Waals surface area contributed by atoms with Crippen LogP contribution in [0.3, 0.4) is 0 Å². The van der Waals surface area contributed by atoms with E-state index in [9.17, 15) is 18.0 Å². The lowest BCUT2D eigenvalue weighted by atomic mass is 10.2. The summed E-state index contributed by atoms with van der Waals surface area (Å²) < 4.78 is 27.1. The van der Waals surface area contributed by atoms with Gasteiger partial charge in [0.2, 0.25) is 15.9 Å². The van der Waals surface area contributed by atoms with E-state index < -0.39 is 16.1 Å². The normalized spacial score (nSPS) is 21.4. The highest BCUT2D eigenvalue weighted by atomic mass is 35.5. The number of carbonyl (C=O) groups excluding carboxylic acids is 2. The Kier molecular flexibility index (Phi) is 5.67. The van der Waals surface area contributed by atoms with Gasteiger partial charge in [0, 0.05) is 5.02 Å². The fourth-order valence-electron chi connectivity index (χ4n) is 4.03. The maximum Gasteiger partial charge on any atom is 0.292 e. The Balaban J connectivity index is 1.44. The maximum absolute atomic E-state index is 13.0. The van der Waals surface area contributed by atoms with Crippen LogP contribution in [0.25, 0.3) is 0 Å². The molecule has 0 unspecified atom stereocenters. The van der Waals surface area contributed by atoms with E-state index in [-0.39, 0.29) is 23.1 Å². The number of rotatable bonds is 4. The summed E-state index contributed by atoms with van der Waals surface area (Å²) in [6, 6.07) is 12.9. The van der Waals surface area contributed by atoms with Gasteiger partial charge in [-0.05, 0) is 43.3 Å². The van der Waals surface area contributed by atoms with Crippen LogP contribution in [0.4, 0.5) is 5.69 Å². The second-order valence-corrected chi connectivity index (χ2v) is 10.1. The van der Waals surface area contributed by atoms with Crippen LogP contribution in [0.1, 0.15) is 12.0 Å². The lowest BCUT2D eigenvalue weighted by Crippen LogP contribution is -3.19. The molecule has 0 aliphatic carbocycles. The average Bonchev–Trinajstić information content (AvgIpc) is 3.03. The average molecular weight is 449 g/mol. The summed E-state index contributed by atoms with van der Waals surface area (Å²) in [4.78, 5) is 27.9. The Bertz CT molecular complexity index is 1060. The van der Waals surface area contributed by atoms with Gasteiger partial charge in [-0.2, -0.15) is 4.31 Å². The van der Waals surface area contributed by atoms with E-state index in [4.69, 9.17) is 11.6 Å². The van der Waals surface area contributed by atoms with E-state index in [0.29, 0.717) is 36.9 Å². The molecule has 0 aromatic heterocycles. The molecule has 158 valence electrons. The van der Waals surface area contributed by atoms with Crippen LogP contribution in [0.15, 0.2) is 53.4 Å². The summed E-state index contributed by atoms with van der Waals surface area (Å²) in [5.41, 5.74) is 1.64. The maximum atomic E-state index is 13.0. The molecule has 4 rings (SSSR count). The lowest BCUT2D eigenvalue weighted by Gasteiger charge is -2.33. The molecule has 0 radical (unpaired) electrons. The third kappa shape index (κ3) is 3.88. The van der Waals surface area contributed by atoms with Gasteiger partial charge in [0.05, 0.1) is 43.2 Å². The van der Waals surface area contributed by atoms with Crippen molar-refractivity contribution in [3.63, 3.8) is 0 Å². The van der Waals surface area contributed by atoms with Gasteiger partial charge in [-0.1, -0.05) is 29.3 Å². The zero-order valence-corrected chi connectivity index (χ0v) is 18.1. The molecule has 2 aliphatic heterocycles. The SMILES string of the molecule is Cc1ccc(N2C(=O)C[C@H]([NH+]3CCN(S(=O)(=O)c4ccc(Cl)cc4)CC3)C2=O)cc1. The second-order valence-electron chi connectivity index (χ2n) is 7.68. The van der Waals surface area contributed by atoms with Gasteiger partial charge in [0.1, 0.15) is 0 Å². The highest BCUT2D eigenvalue weighted by molar-refractivity contribution is 7.89. The monoisotopic (exact) mass is 448 g/mol. The lowest BCUT2D eigenvalue weighted by molar-refractivity contribution is -0.918. The molecular weight excluding hydrogens is 426 g/mol. The van der Waals surface area contributed by atoms with Crippen LogP contribution in [0, 0.1) is 6.92 Å². The third-order valence-corrected chi connectivity index (χ3v) is 7.91. The number of halogens is 1. The fraction of sp³-hybridized carbons (Fsp3) is 0.333. The molecule has 0 bridgehead atoms. The van der Waals surface area contributed by atoms with E-state index in [1.807, 2.05) is 19.1 Å². The van der Waals surface area contributed by atoms with E-state index in [1.165, 1.54) is 21.3 Å². The topological polar surface area (TPSA) is 79.2 Å². The van der Waals surface area contributed by atoms with Gasteiger partial charge >= 0.3 is 0 Å². The predicted octanol–water partition coefficient (Wildman–Crippen LogP) is 0.870. The van der Waals surface area contributed by atoms with Gasteiger partial charge in [0.25, 0.3) is 5.91 Å². The molecular formula is C21H23ClN3O4S+. The number of amides is 2. The van der Waals surface area contributed by atoms with Crippen molar-refractivity contribution >= 4 is 39.1 Å². The Morgan fingerprint density at radius 2 is 1.57 bits per heavy atom. The number of piperazine rings is 1. The molecule has 7 nitrogen and oxygen atoms in total. The molecule has 2 aromatic carbocycles. The summed E-state index contributed by atoms with van der Waals surface area (Å²) in [5, 5.41) is 0.478. The van der Waals surface area contributed by atoms with Crippen LogP contribution in [-0.4, -0.2) is 56.8 Å². The van der Waals surface area contributed by atoms with Gasteiger partial charge in [0.15, 0.2) is 6.04 Å². The number of sulfonamides is 1. The van der Waals surface area contributed by atoms with Gasteiger partial charge in [-0.15, -0.1) is 0 Å². The first-order valence-corrected chi connectivity index (χ1v) is 11.6. The molecule has 2 aromatic rings. The fourth-order valence-corrected chi connectivity index (χ4v) is 5.60. The standard InChI is InChI=1S/C21H22ClN3O4S/c1-15-2-6-17(7-3-15)25-20(26)14-19(21(25)27)23-10-12-24(13-11-23)30(28,29)18-8-4-16(22)5-9-18/h2-9,19H,10-14H2,1H3/p+1/t19-/m0/s1. The zero-order valence-electron chi connectivity index (χ0n) is 16.5. The number of hydrogen-bond donors (Lipinski definition) is 1. The van der Waals surface area contributed by atoms with E-state index >= 15 is 0 Å². The first kappa shape index (κ1) is 21.0. The van der Waals surface area contributed by atoms with Crippen molar-refractivity contribution in [2.75, 3.05) is 31.1 Å². The summed E-state index contributed by atoms with van der Waals surface area (Å²) >= 11 is 5.85. The number of imide groups is 1. The number of nitrogens with zero attached hydrogens (tertiary/aromatic N) is 2. The van der Waals surface area contributed by atoms with Crippen LogP contribution in [0.2, 0.25) is 5.02 Å². The van der Waals surface area contributed by atoms with Crippen LogP contribution in [-0.2, 0) is 19.6 Å². The third-order valence-electron chi connectivity index (χ3n) is 5.75. The molecule has 1 N–H and O–H groups in total. The number of benzene rings is 2. The van der Waals surface area contributed by atoms with Gasteiger partial charge in [-0.25, -0.2) is 13.3 Å². The highest BCUT2D eigenvalue weighted by Gasteiger charge is 2.47. The molecule has 1 atom stereocenters. The molecule has 0 spiro atoms. The summed E-state index contributed by atoms with van der Waals surface area (Å²) in [6.45, 7) is 3.48. The Morgan fingerprint density at radius 1 is 0.967 bits per heavy atom. The largest absolute Gasteiger partial charge is 0.322 e. The number of carbonyl (C=O) groups is 2. The minimum atomic E-state index is -3.61. The molecule has 2 amide bonds. The van der Waals surface area contributed by atoms with Crippen molar-refractivity contribution in [2.24, 2.45) is 0 Å². The molecule has 2 saturated heterocycles. The molecule has 2 heterocycles. The summed E-state index contributed by atoms with van der Waals surface area (Å²) in [7, 11) is -3.61. The number of nitrogens with one attached hydrogen (secondary N) is 1. The minimum Gasteiger partial charge on any atom is -0.322 e. The van der Waals surface area contributed by atoms with Crippen molar-refractivity contribution in [1.82, 2.24) is 4.31 Å². The zero-order chi connectivity index (χ0) is 21.5. The van der Waals surface area contributed by atoms with Crippen LogP contribution < -0.4 is 9.80 Å². The van der Waals surface area contributed by atoms with Crippen molar-refractivity contribution in [2.45, 2.75) is 24.3 Å². The number of anilines is 1. The van der Waals surface area contributed by atoms with Crippen LogP contribution in [0.5, 0.6) is 0 Å². The van der Waals surface area contributed by atoms with Crippen molar-refractivity contribution in [3.8, 4) is 0 Å². The Hall–Kier alpha value is -2.26. The number of hydrogen-bond acceptors (Lipinski definition) is 4. The number of quaternary nitrogens is 1. The second kappa shape index (κ2) is 8.11. The number of aryl methyl sites for hydroxylation is 1. The first-order valence-electron chi connectivity index (χ1n) is 9.81. The summed E-state index contributed by atoms with van der Waals surface area (Å²) in [6.07, 6.45) is 0.145. The first-order chi connectivity index (χ1) is 14.3. The highest BCUT2D eigenvalue weighted by Crippen LogP contribution is 2.23. The Morgan fingerprint density at radius 3 is 2.17 bits per heavy atom. The van der Waals surface area contributed by atoms with E-state index in [2.05, 4.69) is 0 Å². The summed E-state index contributed by atoms with van der Waals surface area (Å²) in [5.74, 6) is -0.426. The minimum absolute atomic E-state index is 0.145. The molecule has 2 aliphatic rings. The van der Waals surface area contributed by atoms with E-state index in [1.54, 1.807) is 24.3 Å². The van der Waals surface area contributed by atoms with Crippen molar-refractivity contribution in [1.29, 1.82) is 0 Å². The molecule has 9 heteroatoms. The molecule has 2 fully saturated rings. The van der Waals surface area contributed by atoms with Gasteiger partial charge in [-0.3, -0.25) is 9.59 Å².